The minimum atomic E-state index is 0.431. The first-order valence-corrected chi connectivity index (χ1v) is 3.44. The predicted molar refractivity (Wildman–Crippen MR) is 33.9 cm³/mol. The van der Waals surface area contributed by atoms with Crippen LogP contribution in [0.1, 0.15) is 33.1 Å². The van der Waals surface area contributed by atoms with E-state index in [2.05, 4.69) is 13.8 Å². The molecular formula is C7H14O. The second-order valence-electron chi connectivity index (χ2n) is 2.74. The van der Waals surface area contributed by atoms with E-state index in [0.29, 0.717) is 12.2 Å². The highest BCUT2D eigenvalue weighted by Gasteiger charge is 2.18. The zero-order chi connectivity index (χ0) is 5.98. The Bertz CT molecular complexity index is 64.8. The lowest BCUT2D eigenvalue weighted by molar-refractivity contribution is -0.0347. The van der Waals surface area contributed by atoms with Crippen LogP contribution in [-0.2, 0) is 4.74 Å². The summed E-state index contributed by atoms with van der Waals surface area (Å²) in [5, 5.41) is 0. The highest BCUT2D eigenvalue weighted by atomic mass is 16.5. The minimum Gasteiger partial charge on any atom is -0.376 e. The lowest BCUT2D eigenvalue weighted by Gasteiger charge is -2.27. The van der Waals surface area contributed by atoms with Crippen molar-refractivity contribution < 1.29 is 4.74 Å². The fourth-order valence-corrected chi connectivity index (χ4v) is 0.892. The molecule has 1 heteroatoms. The molecular weight excluding hydrogens is 100 g/mol. The third kappa shape index (κ3) is 1.48. The molecule has 0 saturated heterocycles. The maximum atomic E-state index is 5.49. The van der Waals surface area contributed by atoms with Gasteiger partial charge in [0, 0.05) is 0 Å². The Labute approximate surface area is 51.0 Å². The Kier molecular flexibility index (Phi) is 1.90. The summed E-state index contributed by atoms with van der Waals surface area (Å²) in [5.74, 6) is 0. The molecule has 0 bridgehead atoms. The summed E-state index contributed by atoms with van der Waals surface area (Å²) in [6.45, 7) is 4.19. The quantitative estimate of drug-likeness (QED) is 0.533. The van der Waals surface area contributed by atoms with Crippen molar-refractivity contribution in [1.29, 1.82) is 0 Å². The predicted octanol–water partition coefficient (Wildman–Crippen LogP) is 1.96. The first-order chi connectivity index (χ1) is 3.79. The van der Waals surface area contributed by atoms with Crippen LogP contribution in [0.15, 0.2) is 0 Å². The maximum absolute atomic E-state index is 5.49. The molecule has 1 saturated carbocycles. The van der Waals surface area contributed by atoms with Gasteiger partial charge in [-0.2, -0.15) is 0 Å². The van der Waals surface area contributed by atoms with E-state index in [1.54, 1.807) is 0 Å². The van der Waals surface area contributed by atoms with Crippen LogP contribution in [0.3, 0.4) is 0 Å². The first kappa shape index (κ1) is 6.09. The Hall–Kier alpha value is -0.0400. The Balaban J connectivity index is 2.01. The molecule has 0 unspecified atom stereocenters. The zero-order valence-electron chi connectivity index (χ0n) is 5.68. The van der Waals surface area contributed by atoms with Crippen molar-refractivity contribution in [3.63, 3.8) is 0 Å². The molecule has 0 spiro atoms. The third-order valence-electron chi connectivity index (χ3n) is 1.52. The first-order valence-electron chi connectivity index (χ1n) is 3.44. The lowest BCUT2D eigenvalue weighted by atomic mass is 9.96. The van der Waals surface area contributed by atoms with E-state index in [1.807, 2.05) is 0 Å². The molecule has 8 heavy (non-hydrogen) atoms. The Morgan fingerprint density at radius 1 is 1.38 bits per heavy atom. The van der Waals surface area contributed by atoms with Gasteiger partial charge in [-0.05, 0) is 33.1 Å². The summed E-state index contributed by atoms with van der Waals surface area (Å²) in [5.41, 5.74) is 0. The van der Waals surface area contributed by atoms with Gasteiger partial charge in [-0.25, -0.2) is 0 Å². The van der Waals surface area contributed by atoms with Gasteiger partial charge < -0.3 is 4.74 Å². The van der Waals surface area contributed by atoms with Crippen LogP contribution >= 0.6 is 0 Å². The van der Waals surface area contributed by atoms with Crippen molar-refractivity contribution in [3.05, 3.63) is 0 Å². The largest absolute Gasteiger partial charge is 0.376 e. The van der Waals surface area contributed by atoms with Gasteiger partial charge in [0.15, 0.2) is 0 Å². The van der Waals surface area contributed by atoms with Gasteiger partial charge in [-0.15, -0.1) is 0 Å². The summed E-state index contributed by atoms with van der Waals surface area (Å²) in [6, 6.07) is 0. The monoisotopic (exact) mass is 114 g/mol. The van der Waals surface area contributed by atoms with Crippen LogP contribution in [0.4, 0.5) is 0 Å². The van der Waals surface area contributed by atoms with E-state index in [0.717, 1.165) is 0 Å². The number of hydrogen-bond acceptors (Lipinski definition) is 1. The average molecular weight is 114 g/mol. The van der Waals surface area contributed by atoms with Gasteiger partial charge in [0.05, 0.1) is 12.2 Å². The van der Waals surface area contributed by atoms with Crippen LogP contribution in [0.2, 0.25) is 0 Å². The molecule has 0 heterocycles. The van der Waals surface area contributed by atoms with Crippen LogP contribution < -0.4 is 0 Å². The summed E-state index contributed by atoms with van der Waals surface area (Å²) in [6.07, 6.45) is 4.99. The number of rotatable bonds is 2. The fraction of sp³-hybridized carbons (Fsp3) is 1.00. The van der Waals surface area contributed by atoms with Gasteiger partial charge >= 0.3 is 0 Å². The molecule has 0 radical (unpaired) electrons. The van der Waals surface area contributed by atoms with E-state index < -0.39 is 0 Å². The van der Waals surface area contributed by atoms with Crippen LogP contribution in [0.5, 0.6) is 0 Å². The van der Waals surface area contributed by atoms with Crippen molar-refractivity contribution in [2.45, 2.75) is 45.3 Å². The van der Waals surface area contributed by atoms with Crippen molar-refractivity contribution >= 4 is 0 Å². The van der Waals surface area contributed by atoms with E-state index in [1.165, 1.54) is 19.3 Å². The zero-order valence-corrected chi connectivity index (χ0v) is 5.68. The molecule has 0 atom stereocenters. The summed E-state index contributed by atoms with van der Waals surface area (Å²) >= 11 is 0. The van der Waals surface area contributed by atoms with E-state index in [9.17, 15) is 0 Å². The van der Waals surface area contributed by atoms with Crippen LogP contribution in [0, 0.1) is 0 Å². The molecule has 0 aliphatic heterocycles. The van der Waals surface area contributed by atoms with Gasteiger partial charge in [0.25, 0.3) is 0 Å². The van der Waals surface area contributed by atoms with E-state index in [4.69, 9.17) is 4.74 Å². The van der Waals surface area contributed by atoms with Gasteiger partial charge in [0.1, 0.15) is 0 Å². The van der Waals surface area contributed by atoms with Gasteiger partial charge in [0.2, 0.25) is 0 Å². The molecule has 0 N–H and O–H groups in total. The minimum absolute atomic E-state index is 0.431. The fourth-order valence-electron chi connectivity index (χ4n) is 0.892. The van der Waals surface area contributed by atoms with Gasteiger partial charge in [-0.1, -0.05) is 0 Å². The molecule has 0 aromatic carbocycles. The lowest BCUT2D eigenvalue weighted by Crippen LogP contribution is -2.24. The Morgan fingerprint density at radius 2 is 2.00 bits per heavy atom. The summed E-state index contributed by atoms with van der Waals surface area (Å²) in [7, 11) is 0. The molecule has 1 aliphatic rings. The molecule has 0 aromatic heterocycles. The van der Waals surface area contributed by atoms with E-state index >= 15 is 0 Å². The molecule has 0 aromatic rings. The molecule has 1 rings (SSSR count). The summed E-state index contributed by atoms with van der Waals surface area (Å²) in [4.78, 5) is 0. The summed E-state index contributed by atoms with van der Waals surface area (Å²) < 4.78 is 5.49. The average Bonchev–Trinajstić information content (AvgIpc) is 1.55. The smallest absolute Gasteiger partial charge is 0.0578 e. The normalized spacial score (nSPS) is 21.4. The highest BCUT2D eigenvalue weighted by molar-refractivity contribution is 4.69. The topological polar surface area (TPSA) is 9.23 Å². The molecule has 0 amide bonds. The standard InChI is InChI=1S/C7H14O/c1-6(2)8-7-4-3-5-7/h6-7H,3-5H2,1-2H3. The number of ether oxygens (including phenoxy) is 1. The second-order valence-corrected chi connectivity index (χ2v) is 2.74. The van der Waals surface area contributed by atoms with Crippen molar-refractivity contribution in [1.82, 2.24) is 0 Å². The maximum Gasteiger partial charge on any atom is 0.0578 e. The third-order valence-corrected chi connectivity index (χ3v) is 1.52. The molecule has 1 nitrogen and oxygen atoms in total. The number of hydrogen-bond donors (Lipinski definition) is 0. The SMILES string of the molecule is CC(C)OC1CCC1. The van der Waals surface area contributed by atoms with Crippen LogP contribution in [-0.4, -0.2) is 12.2 Å². The van der Waals surface area contributed by atoms with Crippen molar-refractivity contribution in [2.24, 2.45) is 0 Å². The second kappa shape index (κ2) is 2.49. The highest BCUT2D eigenvalue weighted by Crippen LogP contribution is 2.22. The van der Waals surface area contributed by atoms with Crippen LogP contribution in [0.25, 0.3) is 0 Å². The Morgan fingerprint density at radius 3 is 2.12 bits per heavy atom. The molecule has 1 fully saturated rings. The van der Waals surface area contributed by atoms with Crippen molar-refractivity contribution in [3.8, 4) is 0 Å². The van der Waals surface area contributed by atoms with E-state index in [-0.39, 0.29) is 0 Å². The van der Waals surface area contributed by atoms with Gasteiger partial charge in [-0.3, -0.25) is 0 Å². The molecule has 1 aliphatic carbocycles. The molecule has 48 valence electrons. The van der Waals surface area contributed by atoms with Crippen molar-refractivity contribution in [2.75, 3.05) is 0 Å².